The third-order valence-corrected chi connectivity index (χ3v) is 4.86. The average molecular weight is 329 g/mol. The smallest absolute Gasteiger partial charge is 0.224 e. The molecule has 3 nitrogen and oxygen atoms in total. The highest BCUT2D eigenvalue weighted by molar-refractivity contribution is 6.30. The summed E-state index contributed by atoms with van der Waals surface area (Å²) in [5, 5.41) is 3.63. The van der Waals surface area contributed by atoms with Gasteiger partial charge in [0.15, 0.2) is 0 Å². The molecule has 4 heteroatoms. The third kappa shape index (κ3) is 4.55. The summed E-state index contributed by atoms with van der Waals surface area (Å²) < 4.78 is 0. The number of benzene rings is 1. The number of carbonyl (C=O) groups is 1. The molecule has 1 amide bonds. The van der Waals surface area contributed by atoms with Crippen LogP contribution in [0.4, 0.5) is 5.69 Å². The van der Waals surface area contributed by atoms with Gasteiger partial charge in [-0.25, -0.2) is 0 Å². The Hall–Kier alpha value is -1.87. The minimum Gasteiger partial charge on any atom is -0.326 e. The van der Waals surface area contributed by atoms with E-state index in [0.717, 1.165) is 31.4 Å². The van der Waals surface area contributed by atoms with E-state index in [-0.39, 0.29) is 5.91 Å². The zero-order chi connectivity index (χ0) is 16.1. The van der Waals surface area contributed by atoms with Crippen molar-refractivity contribution in [1.29, 1.82) is 0 Å². The number of anilines is 1. The number of aromatic nitrogens is 1. The van der Waals surface area contributed by atoms with Gasteiger partial charge in [-0.05, 0) is 73.4 Å². The Morgan fingerprint density at radius 3 is 2.52 bits per heavy atom. The highest BCUT2D eigenvalue weighted by Crippen LogP contribution is 2.36. The van der Waals surface area contributed by atoms with Gasteiger partial charge in [0.2, 0.25) is 5.91 Å². The highest BCUT2D eigenvalue weighted by atomic mass is 35.5. The normalized spacial score (nSPS) is 20.9. The lowest BCUT2D eigenvalue weighted by Gasteiger charge is -2.28. The zero-order valence-corrected chi connectivity index (χ0v) is 13.8. The average Bonchev–Trinajstić information content (AvgIpc) is 2.58. The van der Waals surface area contributed by atoms with Crippen molar-refractivity contribution in [3.63, 3.8) is 0 Å². The first-order chi connectivity index (χ1) is 11.2. The molecule has 1 aliphatic rings. The van der Waals surface area contributed by atoms with Crippen LogP contribution in [0.15, 0.2) is 48.8 Å². The van der Waals surface area contributed by atoms with Crippen LogP contribution >= 0.6 is 11.6 Å². The van der Waals surface area contributed by atoms with Gasteiger partial charge in [0, 0.05) is 29.5 Å². The standard InChI is InChI=1S/C19H21ClN2O/c20-17-7-9-18(10-8-17)22-19(23)12-14-3-5-15(6-4-14)16-2-1-11-21-13-16/h1-2,7-11,13-15H,3-6,12H2,(H,22,23). The first-order valence-corrected chi connectivity index (χ1v) is 8.54. The molecule has 3 rings (SSSR count). The van der Waals surface area contributed by atoms with E-state index in [9.17, 15) is 4.79 Å². The summed E-state index contributed by atoms with van der Waals surface area (Å²) in [7, 11) is 0. The Kier molecular flexibility index (Phi) is 5.29. The number of pyridine rings is 1. The molecule has 1 aliphatic carbocycles. The second-order valence-electron chi connectivity index (χ2n) is 6.26. The van der Waals surface area contributed by atoms with Crippen LogP contribution < -0.4 is 5.32 Å². The van der Waals surface area contributed by atoms with Gasteiger partial charge in [-0.2, -0.15) is 0 Å². The lowest BCUT2D eigenvalue weighted by atomic mass is 9.78. The van der Waals surface area contributed by atoms with Crippen LogP contribution in [-0.4, -0.2) is 10.9 Å². The molecule has 0 bridgehead atoms. The molecule has 0 aliphatic heterocycles. The maximum Gasteiger partial charge on any atom is 0.224 e. The van der Waals surface area contributed by atoms with E-state index in [1.807, 2.05) is 30.6 Å². The van der Waals surface area contributed by atoms with Crippen molar-refractivity contribution < 1.29 is 4.79 Å². The van der Waals surface area contributed by atoms with Gasteiger partial charge >= 0.3 is 0 Å². The molecule has 1 fully saturated rings. The minimum absolute atomic E-state index is 0.0946. The molecule has 0 saturated heterocycles. The van der Waals surface area contributed by atoms with Gasteiger partial charge in [0.1, 0.15) is 0 Å². The number of nitrogens with one attached hydrogen (secondary N) is 1. The van der Waals surface area contributed by atoms with Crippen LogP contribution in [0.2, 0.25) is 5.02 Å². The molecule has 0 radical (unpaired) electrons. The maximum absolute atomic E-state index is 12.2. The number of carbonyl (C=O) groups excluding carboxylic acids is 1. The van der Waals surface area contributed by atoms with Crippen LogP contribution in [0.1, 0.15) is 43.6 Å². The Bertz CT molecular complexity index is 634. The Labute approximate surface area is 142 Å². The fourth-order valence-corrected chi connectivity index (χ4v) is 3.45. The first kappa shape index (κ1) is 16.0. The molecular formula is C19H21ClN2O. The van der Waals surface area contributed by atoms with Crippen molar-refractivity contribution in [1.82, 2.24) is 4.98 Å². The van der Waals surface area contributed by atoms with E-state index in [2.05, 4.69) is 16.4 Å². The molecule has 0 unspecified atom stereocenters. The van der Waals surface area contributed by atoms with Gasteiger partial charge in [0.05, 0.1) is 0 Å². The second-order valence-corrected chi connectivity index (χ2v) is 6.70. The first-order valence-electron chi connectivity index (χ1n) is 8.16. The van der Waals surface area contributed by atoms with E-state index in [1.165, 1.54) is 5.56 Å². The summed E-state index contributed by atoms with van der Waals surface area (Å²) >= 11 is 5.85. The SMILES string of the molecule is O=C(CC1CCC(c2cccnc2)CC1)Nc1ccc(Cl)cc1. The molecule has 23 heavy (non-hydrogen) atoms. The number of nitrogens with zero attached hydrogens (tertiary/aromatic N) is 1. The molecule has 1 aromatic heterocycles. The van der Waals surface area contributed by atoms with Gasteiger partial charge < -0.3 is 5.32 Å². The van der Waals surface area contributed by atoms with Crippen LogP contribution in [0, 0.1) is 5.92 Å². The zero-order valence-electron chi connectivity index (χ0n) is 13.0. The van der Waals surface area contributed by atoms with Crippen LogP contribution in [0.5, 0.6) is 0 Å². The van der Waals surface area contributed by atoms with E-state index in [4.69, 9.17) is 11.6 Å². The summed E-state index contributed by atoms with van der Waals surface area (Å²) in [6.07, 6.45) is 8.88. The lowest BCUT2D eigenvalue weighted by molar-refractivity contribution is -0.117. The number of rotatable bonds is 4. The fraction of sp³-hybridized carbons (Fsp3) is 0.368. The minimum atomic E-state index is 0.0946. The van der Waals surface area contributed by atoms with E-state index in [1.54, 1.807) is 12.1 Å². The lowest BCUT2D eigenvalue weighted by Crippen LogP contribution is -2.20. The van der Waals surface area contributed by atoms with Crippen molar-refractivity contribution in [2.45, 2.75) is 38.0 Å². The quantitative estimate of drug-likeness (QED) is 0.854. The molecule has 1 N–H and O–H groups in total. The molecule has 1 saturated carbocycles. The largest absolute Gasteiger partial charge is 0.326 e. The summed E-state index contributed by atoms with van der Waals surface area (Å²) in [5.41, 5.74) is 2.14. The van der Waals surface area contributed by atoms with Crippen LogP contribution in [0.3, 0.4) is 0 Å². The van der Waals surface area contributed by atoms with Crippen molar-refractivity contribution in [3.05, 3.63) is 59.4 Å². The molecule has 120 valence electrons. The van der Waals surface area contributed by atoms with E-state index < -0.39 is 0 Å². The Morgan fingerprint density at radius 2 is 1.87 bits per heavy atom. The summed E-state index contributed by atoms with van der Waals surface area (Å²) in [6, 6.07) is 11.4. The van der Waals surface area contributed by atoms with E-state index >= 15 is 0 Å². The van der Waals surface area contributed by atoms with Crippen molar-refractivity contribution >= 4 is 23.2 Å². The molecule has 1 heterocycles. The topological polar surface area (TPSA) is 42.0 Å². The van der Waals surface area contributed by atoms with Gasteiger partial charge in [-0.1, -0.05) is 17.7 Å². The van der Waals surface area contributed by atoms with Crippen molar-refractivity contribution in [2.24, 2.45) is 5.92 Å². The summed E-state index contributed by atoms with van der Waals surface area (Å²) in [6.45, 7) is 0. The number of hydrogen-bond donors (Lipinski definition) is 1. The third-order valence-electron chi connectivity index (χ3n) is 4.60. The van der Waals surface area contributed by atoms with E-state index in [0.29, 0.717) is 23.3 Å². The molecule has 0 spiro atoms. The van der Waals surface area contributed by atoms with Gasteiger partial charge in [0.25, 0.3) is 0 Å². The predicted octanol–water partition coefficient (Wildman–Crippen LogP) is 5.04. The van der Waals surface area contributed by atoms with Gasteiger partial charge in [-0.3, -0.25) is 9.78 Å². The number of hydrogen-bond acceptors (Lipinski definition) is 2. The van der Waals surface area contributed by atoms with Crippen molar-refractivity contribution in [3.8, 4) is 0 Å². The maximum atomic E-state index is 12.2. The Balaban J connectivity index is 1.47. The van der Waals surface area contributed by atoms with Gasteiger partial charge in [-0.15, -0.1) is 0 Å². The summed E-state index contributed by atoms with van der Waals surface area (Å²) in [4.78, 5) is 16.4. The molecular weight excluding hydrogens is 308 g/mol. The fourth-order valence-electron chi connectivity index (χ4n) is 3.32. The van der Waals surface area contributed by atoms with Crippen LogP contribution in [0.25, 0.3) is 0 Å². The second kappa shape index (κ2) is 7.60. The molecule has 1 aromatic carbocycles. The highest BCUT2D eigenvalue weighted by Gasteiger charge is 2.24. The van der Waals surface area contributed by atoms with Crippen molar-refractivity contribution in [2.75, 3.05) is 5.32 Å². The van der Waals surface area contributed by atoms with Crippen LogP contribution in [-0.2, 0) is 4.79 Å². The molecule has 0 atom stereocenters. The number of halogens is 1. The Morgan fingerprint density at radius 1 is 1.13 bits per heavy atom. The summed E-state index contributed by atoms with van der Waals surface area (Å²) in [5.74, 6) is 1.17. The monoisotopic (exact) mass is 328 g/mol. The molecule has 2 aromatic rings. The predicted molar refractivity (Wildman–Crippen MR) is 93.6 cm³/mol. The number of amides is 1.